The highest BCUT2D eigenvalue weighted by atomic mass is 32.2. The zero-order valence-electron chi connectivity index (χ0n) is 17.4. The Kier molecular flexibility index (Phi) is 7.62. The Morgan fingerprint density at radius 2 is 2.00 bits per heavy atom. The van der Waals surface area contributed by atoms with Crippen LogP contribution in [0.2, 0.25) is 0 Å². The quantitative estimate of drug-likeness (QED) is 0.517. The number of guanidine groups is 1. The average molecular weight is 406 g/mol. The van der Waals surface area contributed by atoms with E-state index in [9.17, 15) is 8.42 Å². The molecule has 0 fully saturated rings. The molecule has 0 spiro atoms. The molecule has 0 aliphatic carbocycles. The summed E-state index contributed by atoms with van der Waals surface area (Å²) >= 11 is 0. The van der Waals surface area contributed by atoms with E-state index < -0.39 is 9.84 Å². The van der Waals surface area contributed by atoms with E-state index in [2.05, 4.69) is 27.8 Å². The van der Waals surface area contributed by atoms with Gasteiger partial charge in [0.2, 0.25) is 0 Å². The van der Waals surface area contributed by atoms with E-state index in [1.165, 1.54) is 6.26 Å². The van der Waals surface area contributed by atoms with E-state index in [0.29, 0.717) is 18.9 Å². The molecule has 1 heterocycles. The average Bonchev–Trinajstić information content (AvgIpc) is 2.63. The van der Waals surface area contributed by atoms with Gasteiger partial charge in [0.05, 0.1) is 17.8 Å². The van der Waals surface area contributed by atoms with Crippen molar-refractivity contribution in [2.24, 2.45) is 4.99 Å². The maximum Gasteiger partial charge on any atom is 0.191 e. The summed E-state index contributed by atoms with van der Waals surface area (Å²) in [4.78, 5) is 11.4. The minimum absolute atomic E-state index is 0.000884. The van der Waals surface area contributed by atoms with Crippen LogP contribution in [0.3, 0.4) is 0 Å². The molecule has 0 saturated heterocycles. The molecule has 0 aliphatic rings. The second-order valence-electron chi connectivity index (χ2n) is 7.21. The van der Waals surface area contributed by atoms with Gasteiger partial charge in [0, 0.05) is 38.3 Å². The number of hydrogen-bond acceptors (Lipinski definition) is 5. The van der Waals surface area contributed by atoms with E-state index in [1.54, 1.807) is 0 Å². The molecule has 8 heteroatoms. The fraction of sp³-hybridized carbons (Fsp3) is 0.500. The molecule has 1 atom stereocenters. The lowest BCUT2D eigenvalue weighted by atomic mass is 10.1. The highest BCUT2D eigenvalue weighted by Crippen LogP contribution is 2.22. The number of para-hydroxylation sites is 1. The SMILES string of the molecule is CCNC(=NCc1cc(N(C)C)nc2ccccc12)NC(C)CCS(C)(=O)=O. The Balaban J connectivity index is 2.22. The van der Waals surface area contributed by atoms with Crippen LogP contribution >= 0.6 is 0 Å². The fourth-order valence-corrected chi connectivity index (χ4v) is 3.55. The van der Waals surface area contributed by atoms with Crippen LogP contribution in [0, 0.1) is 0 Å². The zero-order valence-corrected chi connectivity index (χ0v) is 18.2. The highest BCUT2D eigenvalue weighted by molar-refractivity contribution is 7.90. The predicted molar refractivity (Wildman–Crippen MR) is 118 cm³/mol. The first-order chi connectivity index (χ1) is 13.2. The van der Waals surface area contributed by atoms with Crippen LogP contribution in [0.5, 0.6) is 0 Å². The number of pyridine rings is 1. The van der Waals surface area contributed by atoms with E-state index in [0.717, 1.165) is 28.8 Å². The van der Waals surface area contributed by atoms with Crippen LogP contribution in [0.4, 0.5) is 5.82 Å². The van der Waals surface area contributed by atoms with Gasteiger partial charge in [-0.15, -0.1) is 0 Å². The van der Waals surface area contributed by atoms with Crippen molar-refractivity contribution in [2.45, 2.75) is 32.9 Å². The molecular weight excluding hydrogens is 374 g/mol. The number of anilines is 1. The number of hydrogen-bond donors (Lipinski definition) is 2. The number of nitrogens with one attached hydrogen (secondary N) is 2. The van der Waals surface area contributed by atoms with Crippen molar-refractivity contribution in [1.82, 2.24) is 15.6 Å². The Morgan fingerprint density at radius 3 is 2.64 bits per heavy atom. The summed E-state index contributed by atoms with van der Waals surface area (Å²) in [6.45, 7) is 5.19. The van der Waals surface area contributed by atoms with E-state index in [1.807, 2.05) is 51.0 Å². The standard InChI is InChI=1S/C20H31N5O2S/c1-6-21-20(23-15(2)11-12-28(5,26)27)22-14-16-13-19(25(3)4)24-18-10-8-7-9-17(16)18/h7-10,13,15H,6,11-12,14H2,1-5H3,(H2,21,22,23). The van der Waals surface area contributed by atoms with Crippen LogP contribution in [-0.2, 0) is 16.4 Å². The van der Waals surface area contributed by atoms with Crippen LogP contribution in [0.15, 0.2) is 35.3 Å². The first-order valence-electron chi connectivity index (χ1n) is 9.48. The third-order valence-corrected chi connectivity index (χ3v) is 5.28. The lowest BCUT2D eigenvalue weighted by Crippen LogP contribution is -2.42. The Morgan fingerprint density at radius 1 is 1.29 bits per heavy atom. The molecule has 2 aromatic rings. The van der Waals surface area contributed by atoms with Crippen molar-refractivity contribution in [2.75, 3.05) is 37.5 Å². The zero-order chi connectivity index (χ0) is 20.7. The van der Waals surface area contributed by atoms with Gasteiger partial charge in [-0.2, -0.15) is 0 Å². The summed E-state index contributed by atoms with van der Waals surface area (Å²) in [5, 5.41) is 7.61. The van der Waals surface area contributed by atoms with Crippen LogP contribution in [-0.4, -0.2) is 58.1 Å². The molecule has 2 N–H and O–H groups in total. The third-order valence-electron chi connectivity index (χ3n) is 4.30. The van der Waals surface area contributed by atoms with Gasteiger partial charge in [-0.05, 0) is 38.0 Å². The lowest BCUT2D eigenvalue weighted by molar-refractivity contribution is 0.581. The number of benzene rings is 1. The molecule has 1 aromatic heterocycles. The molecule has 28 heavy (non-hydrogen) atoms. The molecule has 0 amide bonds. The first-order valence-corrected chi connectivity index (χ1v) is 11.5. The van der Waals surface area contributed by atoms with Crippen LogP contribution in [0.25, 0.3) is 10.9 Å². The van der Waals surface area contributed by atoms with E-state index >= 15 is 0 Å². The van der Waals surface area contributed by atoms with Gasteiger partial charge in [-0.3, -0.25) is 0 Å². The van der Waals surface area contributed by atoms with E-state index in [4.69, 9.17) is 4.99 Å². The smallest absolute Gasteiger partial charge is 0.191 e. The molecule has 154 valence electrons. The lowest BCUT2D eigenvalue weighted by Gasteiger charge is -2.18. The Bertz CT molecular complexity index is 925. The largest absolute Gasteiger partial charge is 0.363 e. The minimum atomic E-state index is -2.97. The summed E-state index contributed by atoms with van der Waals surface area (Å²) in [6.07, 6.45) is 1.79. The molecule has 0 bridgehead atoms. The predicted octanol–water partition coefficient (Wildman–Crippen LogP) is 2.18. The van der Waals surface area contributed by atoms with Gasteiger partial charge in [0.1, 0.15) is 15.7 Å². The van der Waals surface area contributed by atoms with E-state index in [-0.39, 0.29) is 11.8 Å². The third kappa shape index (κ3) is 6.67. The highest BCUT2D eigenvalue weighted by Gasteiger charge is 2.11. The number of sulfone groups is 1. The molecule has 2 rings (SSSR count). The number of rotatable bonds is 8. The van der Waals surface area contributed by atoms with Crippen molar-refractivity contribution < 1.29 is 8.42 Å². The Hall–Kier alpha value is -2.35. The molecule has 1 unspecified atom stereocenters. The summed E-state index contributed by atoms with van der Waals surface area (Å²) in [5.41, 5.74) is 2.04. The monoisotopic (exact) mass is 405 g/mol. The second-order valence-corrected chi connectivity index (χ2v) is 9.47. The molecule has 0 saturated carbocycles. The van der Waals surface area contributed by atoms with Crippen molar-refractivity contribution in [3.05, 3.63) is 35.9 Å². The van der Waals surface area contributed by atoms with Crippen molar-refractivity contribution in [1.29, 1.82) is 0 Å². The van der Waals surface area contributed by atoms with Crippen molar-refractivity contribution in [3.63, 3.8) is 0 Å². The molecule has 7 nitrogen and oxygen atoms in total. The maximum atomic E-state index is 11.4. The minimum Gasteiger partial charge on any atom is -0.363 e. The van der Waals surface area contributed by atoms with Crippen LogP contribution in [0.1, 0.15) is 25.8 Å². The summed E-state index contributed by atoms with van der Waals surface area (Å²) < 4.78 is 22.8. The molecule has 0 radical (unpaired) electrons. The fourth-order valence-electron chi connectivity index (χ4n) is 2.77. The number of aliphatic imine (C=N–C) groups is 1. The van der Waals surface area contributed by atoms with Crippen LogP contribution < -0.4 is 15.5 Å². The molecular formula is C20H31N5O2S. The topological polar surface area (TPSA) is 86.7 Å². The van der Waals surface area contributed by atoms with Gasteiger partial charge in [0.25, 0.3) is 0 Å². The first kappa shape index (κ1) is 21.9. The normalized spacial score (nSPS) is 13.4. The molecule has 0 aliphatic heterocycles. The van der Waals surface area contributed by atoms with Gasteiger partial charge >= 0.3 is 0 Å². The number of nitrogens with zero attached hydrogens (tertiary/aromatic N) is 3. The summed E-state index contributed by atoms with van der Waals surface area (Å²) in [7, 11) is 0.971. The number of fused-ring (bicyclic) bond motifs is 1. The van der Waals surface area contributed by atoms with Crippen molar-refractivity contribution >= 4 is 32.5 Å². The Labute approximate surface area is 168 Å². The van der Waals surface area contributed by atoms with Gasteiger partial charge in [0.15, 0.2) is 5.96 Å². The summed E-state index contributed by atoms with van der Waals surface area (Å²) in [5.74, 6) is 1.72. The summed E-state index contributed by atoms with van der Waals surface area (Å²) in [6, 6.07) is 10.1. The van der Waals surface area contributed by atoms with Gasteiger partial charge < -0.3 is 15.5 Å². The van der Waals surface area contributed by atoms with Gasteiger partial charge in [-0.25, -0.2) is 18.4 Å². The van der Waals surface area contributed by atoms with Crippen molar-refractivity contribution in [3.8, 4) is 0 Å². The second kappa shape index (κ2) is 9.73. The molecule has 1 aromatic carbocycles. The number of aromatic nitrogens is 1. The maximum absolute atomic E-state index is 11.4. The van der Waals surface area contributed by atoms with Gasteiger partial charge in [-0.1, -0.05) is 18.2 Å².